The Bertz CT molecular complexity index is 486. The molecule has 1 N–H and O–H groups in total. The number of morpholine rings is 1. The van der Waals surface area contributed by atoms with E-state index in [2.05, 4.69) is 20.2 Å². The van der Waals surface area contributed by atoms with Gasteiger partial charge in [-0.25, -0.2) is 0 Å². The van der Waals surface area contributed by atoms with E-state index in [1.54, 1.807) is 4.68 Å². The summed E-state index contributed by atoms with van der Waals surface area (Å²) in [5.41, 5.74) is 0.894. The van der Waals surface area contributed by atoms with E-state index in [1.165, 1.54) is 0 Å². The average Bonchev–Trinajstić information content (AvgIpc) is 2.67. The topological polar surface area (TPSA) is 62.6 Å². The minimum absolute atomic E-state index is 0.0106. The third-order valence-electron chi connectivity index (χ3n) is 3.43. The van der Waals surface area contributed by atoms with Crippen molar-refractivity contribution < 1.29 is 9.53 Å². The molecular weight excluding hydrogens is 270 g/mol. The molecule has 1 aliphatic heterocycles. The van der Waals surface area contributed by atoms with Gasteiger partial charge in [-0.2, -0.15) is 5.10 Å². The van der Waals surface area contributed by atoms with Gasteiger partial charge in [0.25, 0.3) is 0 Å². The number of ether oxygens (including phenoxy) is 1. The fourth-order valence-electron chi connectivity index (χ4n) is 2.55. The molecule has 1 aromatic heterocycles. The van der Waals surface area contributed by atoms with Gasteiger partial charge in [-0.15, -0.1) is 0 Å². The van der Waals surface area contributed by atoms with Crippen molar-refractivity contribution in [2.45, 2.75) is 13.0 Å². The molecule has 21 heavy (non-hydrogen) atoms. The second-order valence-electron chi connectivity index (χ2n) is 5.83. The lowest BCUT2D eigenvalue weighted by atomic mass is 10.2. The van der Waals surface area contributed by atoms with Gasteiger partial charge in [-0.1, -0.05) is 0 Å². The zero-order chi connectivity index (χ0) is 15.4. The van der Waals surface area contributed by atoms with E-state index >= 15 is 0 Å². The van der Waals surface area contributed by atoms with Crippen LogP contribution in [-0.2, 0) is 16.6 Å². The van der Waals surface area contributed by atoms with Crippen molar-refractivity contribution in [1.82, 2.24) is 19.6 Å². The molecule has 2 heterocycles. The number of carbonyl (C=O) groups excluding carboxylic acids is 1. The van der Waals surface area contributed by atoms with Crippen LogP contribution in [0.2, 0.25) is 0 Å². The standard InChI is InChI=1S/C14H25N5O2/c1-11-7-13(18(4)16-11)15-14(20)10-19-5-6-21-12(9-19)8-17(2)3/h7,12H,5-6,8-10H2,1-4H3,(H,15,20)/t12-/m0/s1. The van der Waals surface area contributed by atoms with Crippen LogP contribution < -0.4 is 5.32 Å². The molecule has 0 radical (unpaired) electrons. The molecule has 118 valence electrons. The number of likely N-dealkylation sites (N-methyl/N-ethyl adjacent to an activating group) is 1. The maximum atomic E-state index is 12.1. The first kappa shape index (κ1) is 15.9. The van der Waals surface area contributed by atoms with E-state index in [4.69, 9.17) is 4.74 Å². The molecule has 1 amide bonds. The predicted molar refractivity (Wildman–Crippen MR) is 81.3 cm³/mol. The second kappa shape index (κ2) is 7.02. The minimum atomic E-state index is -0.0106. The van der Waals surface area contributed by atoms with Crippen LogP contribution in [0, 0.1) is 6.92 Å². The highest BCUT2D eigenvalue weighted by molar-refractivity contribution is 5.91. The SMILES string of the molecule is Cc1cc(NC(=O)CN2CCO[C@@H](CN(C)C)C2)n(C)n1. The molecule has 2 rings (SSSR count). The van der Waals surface area contributed by atoms with Crippen LogP contribution >= 0.6 is 0 Å². The fraction of sp³-hybridized carbons (Fsp3) is 0.714. The number of anilines is 1. The summed E-state index contributed by atoms with van der Waals surface area (Å²) < 4.78 is 7.39. The summed E-state index contributed by atoms with van der Waals surface area (Å²) in [6.07, 6.45) is 0.167. The fourth-order valence-corrected chi connectivity index (χ4v) is 2.55. The van der Waals surface area contributed by atoms with Gasteiger partial charge in [-0.05, 0) is 21.0 Å². The number of hydrogen-bond donors (Lipinski definition) is 1. The first-order valence-corrected chi connectivity index (χ1v) is 7.23. The van der Waals surface area contributed by atoms with Crippen LogP contribution in [0.3, 0.4) is 0 Å². The van der Waals surface area contributed by atoms with Crippen molar-refractivity contribution in [1.29, 1.82) is 0 Å². The molecule has 0 aliphatic carbocycles. The number of aryl methyl sites for hydroxylation is 2. The molecule has 0 unspecified atom stereocenters. The maximum Gasteiger partial charge on any atom is 0.239 e. The molecule has 7 heteroatoms. The first-order chi connectivity index (χ1) is 9.94. The van der Waals surface area contributed by atoms with E-state index in [-0.39, 0.29) is 12.0 Å². The van der Waals surface area contributed by atoms with Crippen LogP contribution in [0.5, 0.6) is 0 Å². The number of amides is 1. The highest BCUT2D eigenvalue weighted by Crippen LogP contribution is 2.09. The van der Waals surface area contributed by atoms with E-state index < -0.39 is 0 Å². The largest absolute Gasteiger partial charge is 0.374 e. The maximum absolute atomic E-state index is 12.1. The molecule has 1 atom stereocenters. The lowest BCUT2D eigenvalue weighted by Gasteiger charge is -2.33. The van der Waals surface area contributed by atoms with Crippen molar-refractivity contribution in [3.63, 3.8) is 0 Å². The van der Waals surface area contributed by atoms with E-state index in [1.807, 2.05) is 34.1 Å². The van der Waals surface area contributed by atoms with E-state index in [0.29, 0.717) is 13.2 Å². The Labute approximate surface area is 125 Å². The van der Waals surface area contributed by atoms with Crippen LogP contribution in [0.4, 0.5) is 5.82 Å². The molecule has 1 aliphatic rings. The van der Waals surface area contributed by atoms with Gasteiger partial charge in [0.2, 0.25) is 5.91 Å². The van der Waals surface area contributed by atoms with Crippen molar-refractivity contribution in [2.24, 2.45) is 7.05 Å². The third-order valence-corrected chi connectivity index (χ3v) is 3.43. The average molecular weight is 295 g/mol. The highest BCUT2D eigenvalue weighted by Gasteiger charge is 2.22. The van der Waals surface area contributed by atoms with Crippen LogP contribution in [0.15, 0.2) is 6.07 Å². The summed E-state index contributed by atoms with van der Waals surface area (Å²) in [4.78, 5) is 16.4. The zero-order valence-electron chi connectivity index (χ0n) is 13.3. The van der Waals surface area contributed by atoms with Crippen LogP contribution in [0.25, 0.3) is 0 Å². The summed E-state index contributed by atoms with van der Waals surface area (Å²) in [6.45, 7) is 5.43. The number of rotatable bonds is 5. The Morgan fingerprint density at radius 3 is 2.95 bits per heavy atom. The van der Waals surface area contributed by atoms with Gasteiger partial charge >= 0.3 is 0 Å². The zero-order valence-corrected chi connectivity index (χ0v) is 13.3. The monoisotopic (exact) mass is 295 g/mol. The molecule has 1 saturated heterocycles. The molecule has 7 nitrogen and oxygen atoms in total. The lowest BCUT2D eigenvalue weighted by molar-refractivity contribution is -0.119. The van der Waals surface area contributed by atoms with E-state index in [0.717, 1.165) is 31.1 Å². The van der Waals surface area contributed by atoms with Gasteiger partial charge in [-0.3, -0.25) is 14.4 Å². The summed E-state index contributed by atoms with van der Waals surface area (Å²) in [7, 11) is 5.88. The Kier molecular flexibility index (Phi) is 5.33. The number of nitrogens with one attached hydrogen (secondary N) is 1. The van der Waals surface area contributed by atoms with Crippen LogP contribution in [-0.4, -0.2) is 78.5 Å². The molecule has 0 spiro atoms. The van der Waals surface area contributed by atoms with Crippen molar-refractivity contribution in [3.05, 3.63) is 11.8 Å². The van der Waals surface area contributed by atoms with Gasteiger partial charge in [0.1, 0.15) is 5.82 Å². The van der Waals surface area contributed by atoms with Gasteiger partial charge in [0, 0.05) is 32.7 Å². The summed E-state index contributed by atoms with van der Waals surface area (Å²) in [6, 6.07) is 1.87. The number of carbonyl (C=O) groups is 1. The van der Waals surface area contributed by atoms with Crippen molar-refractivity contribution >= 4 is 11.7 Å². The molecule has 1 fully saturated rings. The Hall–Kier alpha value is -1.44. The lowest BCUT2D eigenvalue weighted by Crippen LogP contribution is -2.48. The molecule has 0 saturated carbocycles. The molecular formula is C14H25N5O2. The minimum Gasteiger partial charge on any atom is -0.374 e. The first-order valence-electron chi connectivity index (χ1n) is 7.23. The normalized spacial score (nSPS) is 20.0. The van der Waals surface area contributed by atoms with E-state index in [9.17, 15) is 4.79 Å². The third kappa shape index (κ3) is 4.80. The Balaban J connectivity index is 1.83. The Morgan fingerprint density at radius 2 is 2.33 bits per heavy atom. The molecule has 0 aromatic carbocycles. The second-order valence-corrected chi connectivity index (χ2v) is 5.83. The smallest absolute Gasteiger partial charge is 0.239 e. The highest BCUT2D eigenvalue weighted by atomic mass is 16.5. The van der Waals surface area contributed by atoms with Crippen molar-refractivity contribution in [2.75, 3.05) is 52.2 Å². The Morgan fingerprint density at radius 1 is 1.57 bits per heavy atom. The summed E-state index contributed by atoms with van der Waals surface area (Å²) >= 11 is 0. The van der Waals surface area contributed by atoms with Gasteiger partial charge in [0.15, 0.2) is 0 Å². The number of nitrogens with zero attached hydrogens (tertiary/aromatic N) is 4. The summed E-state index contributed by atoms with van der Waals surface area (Å²) in [5, 5.41) is 7.12. The van der Waals surface area contributed by atoms with Gasteiger partial charge in [0.05, 0.1) is 24.9 Å². The quantitative estimate of drug-likeness (QED) is 0.824. The van der Waals surface area contributed by atoms with Crippen LogP contribution in [0.1, 0.15) is 5.69 Å². The number of hydrogen-bond acceptors (Lipinski definition) is 5. The molecule has 0 bridgehead atoms. The van der Waals surface area contributed by atoms with Gasteiger partial charge < -0.3 is 15.0 Å². The predicted octanol–water partition coefficient (Wildman–Crippen LogP) is -0.0706. The van der Waals surface area contributed by atoms with Crippen molar-refractivity contribution in [3.8, 4) is 0 Å². The number of aromatic nitrogens is 2. The summed E-state index contributed by atoms with van der Waals surface area (Å²) in [5.74, 6) is 0.721. The molecule has 1 aromatic rings.